The summed E-state index contributed by atoms with van der Waals surface area (Å²) >= 11 is 5.85. The van der Waals surface area contributed by atoms with Crippen LogP contribution in [0.2, 0.25) is 5.02 Å². The smallest absolute Gasteiger partial charge is 0.329 e. The molecule has 0 radical (unpaired) electrons. The Kier molecular flexibility index (Phi) is 7.97. The number of nitrogens with one attached hydrogen (secondary N) is 2. The molecule has 10 heteroatoms. The van der Waals surface area contributed by atoms with E-state index in [-0.39, 0.29) is 12.5 Å². The summed E-state index contributed by atoms with van der Waals surface area (Å²) in [5, 5.41) is 6.65. The molecule has 2 aromatic carbocycles. The Morgan fingerprint density at radius 1 is 1.10 bits per heavy atom. The number of morpholine rings is 1. The molecule has 1 heterocycles. The average Bonchev–Trinajstić information content (AvgIpc) is 2.78. The first-order chi connectivity index (χ1) is 15.0. The largest absolute Gasteiger partial charge is 0.483 e. The van der Waals surface area contributed by atoms with Gasteiger partial charge in [0, 0.05) is 29.4 Å². The first-order valence-corrected chi connectivity index (χ1v) is 9.88. The fourth-order valence-electron chi connectivity index (χ4n) is 2.73. The molecule has 0 aliphatic carbocycles. The van der Waals surface area contributed by atoms with Crippen LogP contribution < -0.4 is 15.5 Å². The highest BCUT2D eigenvalue weighted by Crippen LogP contribution is 2.16. The third kappa shape index (κ3) is 6.80. The molecule has 0 unspecified atom stereocenters. The SMILES string of the molecule is O=C(N/N=C\c1ccccc1OCC(=O)N1CCOCC1)C(=O)Nc1cccc(Cl)c1. The van der Waals surface area contributed by atoms with Crippen LogP contribution in [0.25, 0.3) is 0 Å². The number of benzene rings is 2. The summed E-state index contributed by atoms with van der Waals surface area (Å²) in [5.41, 5.74) is 3.07. The minimum Gasteiger partial charge on any atom is -0.483 e. The van der Waals surface area contributed by atoms with Crippen molar-refractivity contribution in [3.8, 4) is 5.75 Å². The highest BCUT2D eigenvalue weighted by Gasteiger charge is 2.17. The molecule has 9 nitrogen and oxygen atoms in total. The van der Waals surface area contributed by atoms with Gasteiger partial charge >= 0.3 is 11.8 Å². The van der Waals surface area contributed by atoms with Crippen LogP contribution in [0.15, 0.2) is 53.6 Å². The number of hydrogen-bond acceptors (Lipinski definition) is 6. The van der Waals surface area contributed by atoms with E-state index in [4.69, 9.17) is 21.1 Å². The van der Waals surface area contributed by atoms with Gasteiger partial charge in [0.2, 0.25) is 0 Å². The molecule has 0 spiro atoms. The summed E-state index contributed by atoms with van der Waals surface area (Å²) in [6.45, 7) is 1.97. The van der Waals surface area contributed by atoms with Gasteiger partial charge in [0.15, 0.2) is 6.61 Å². The van der Waals surface area contributed by atoms with Gasteiger partial charge in [-0.25, -0.2) is 5.43 Å². The van der Waals surface area contributed by atoms with E-state index < -0.39 is 11.8 Å². The van der Waals surface area contributed by atoms with Crippen molar-refractivity contribution < 1.29 is 23.9 Å². The topological polar surface area (TPSA) is 109 Å². The van der Waals surface area contributed by atoms with Gasteiger partial charge in [-0.05, 0) is 30.3 Å². The minimum absolute atomic E-state index is 0.126. The van der Waals surface area contributed by atoms with Crippen molar-refractivity contribution >= 4 is 41.2 Å². The van der Waals surface area contributed by atoms with Crippen LogP contribution in [0.5, 0.6) is 5.75 Å². The number of carbonyl (C=O) groups excluding carboxylic acids is 3. The second kappa shape index (κ2) is 11.1. The Morgan fingerprint density at radius 3 is 2.65 bits per heavy atom. The van der Waals surface area contributed by atoms with Crippen molar-refractivity contribution in [2.45, 2.75) is 0 Å². The molecule has 31 heavy (non-hydrogen) atoms. The number of para-hydroxylation sites is 1. The molecule has 1 fully saturated rings. The fraction of sp³-hybridized carbons (Fsp3) is 0.238. The van der Waals surface area contributed by atoms with Crippen LogP contribution in [0.4, 0.5) is 5.69 Å². The number of hydrazone groups is 1. The summed E-state index contributed by atoms with van der Waals surface area (Å²) in [6, 6.07) is 13.3. The van der Waals surface area contributed by atoms with Crippen LogP contribution >= 0.6 is 11.6 Å². The highest BCUT2D eigenvalue weighted by molar-refractivity contribution is 6.39. The maximum absolute atomic E-state index is 12.2. The highest BCUT2D eigenvalue weighted by atomic mass is 35.5. The normalized spacial score (nSPS) is 13.6. The zero-order valence-corrected chi connectivity index (χ0v) is 17.3. The second-order valence-electron chi connectivity index (χ2n) is 6.48. The fourth-order valence-corrected chi connectivity index (χ4v) is 2.92. The third-order valence-electron chi connectivity index (χ3n) is 4.29. The second-order valence-corrected chi connectivity index (χ2v) is 6.92. The van der Waals surface area contributed by atoms with Crippen molar-refractivity contribution in [2.75, 3.05) is 38.2 Å². The molecule has 0 aromatic heterocycles. The van der Waals surface area contributed by atoms with Crippen molar-refractivity contribution in [1.82, 2.24) is 10.3 Å². The predicted octanol–water partition coefficient (Wildman–Crippen LogP) is 1.67. The number of amides is 3. The van der Waals surface area contributed by atoms with E-state index in [2.05, 4.69) is 15.8 Å². The van der Waals surface area contributed by atoms with E-state index in [1.54, 1.807) is 47.4 Å². The van der Waals surface area contributed by atoms with Gasteiger partial charge in [0.1, 0.15) is 5.75 Å². The Morgan fingerprint density at radius 2 is 1.87 bits per heavy atom. The Hall–Kier alpha value is -3.43. The number of nitrogens with zero attached hydrogens (tertiary/aromatic N) is 2. The number of rotatable bonds is 6. The minimum atomic E-state index is -0.947. The molecular formula is C21H21ClN4O5. The summed E-state index contributed by atoms with van der Waals surface area (Å²) in [7, 11) is 0. The van der Waals surface area contributed by atoms with Crippen molar-refractivity contribution in [3.05, 3.63) is 59.1 Å². The van der Waals surface area contributed by atoms with Gasteiger partial charge in [0.25, 0.3) is 5.91 Å². The third-order valence-corrected chi connectivity index (χ3v) is 4.53. The molecule has 2 aromatic rings. The zero-order chi connectivity index (χ0) is 22.1. The van der Waals surface area contributed by atoms with E-state index in [1.165, 1.54) is 12.3 Å². The zero-order valence-electron chi connectivity index (χ0n) is 16.5. The van der Waals surface area contributed by atoms with Crippen molar-refractivity contribution in [3.63, 3.8) is 0 Å². The average molecular weight is 445 g/mol. The van der Waals surface area contributed by atoms with Crippen LogP contribution in [-0.4, -0.2) is 61.7 Å². The molecule has 1 saturated heterocycles. The van der Waals surface area contributed by atoms with Crippen LogP contribution in [-0.2, 0) is 19.1 Å². The summed E-state index contributed by atoms with van der Waals surface area (Å²) in [4.78, 5) is 37.8. The van der Waals surface area contributed by atoms with E-state index in [0.29, 0.717) is 48.3 Å². The van der Waals surface area contributed by atoms with Crippen LogP contribution in [0.1, 0.15) is 5.56 Å². The number of halogens is 1. The molecule has 3 amide bonds. The van der Waals surface area contributed by atoms with E-state index >= 15 is 0 Å². The van der Waals surface area contributed by atoms with E-state index in [9.17, 15) is 14.4 Å². The van der Waals surface area contributed by atoms with E-state index in [1.807, 2.05) is 0 Å². The van der Waals surface area contributed by atoms with Crippen molar-refractivity contribution in [2.24, 2.45) is 5.10 Å². The summed E-state index contributed by atoms with van der Waals surface area (Å²) < 4.78 is 10.8. The molecule has 1 aliphatic heterocycles. The molecule has 3 rings (SSSR count). The molecule has 162 valence electrons. The maximum Gasteiger partial charge on any atom is 0.329 e. The summed E-state index contributed by atoms with van der Waals surface area (Å²) in [6.07, 6.45) is 1.33. The molecule has 0 atom stereocenters. The Labute approximate surface area is 184 Å². The van der Waals surface area contributed by atoms with Gasteiger partial charge < -0.3 is 19.7 Å². The first-order valence-electron chi connectivity index (χ1n) is 9.50. The number of hydrogen-bond donors (Lipinski definition) is 2. The predicted molar refractivity (Wildman–Crippen MR) is 115 cm³/mol. The monoisotopic (exact) mass is 444 g/mol. The molecular weight excluding hydrogens is 424 g/mol. The molecule has 0 bridgehead atoms. The summed E-state index contributed by atoms with van der Waals surface area (Å²) in [5.74, 6) is -1.55. The lowest BCUT2D eigenvalue weighted by Gasteiger charge is -2.26. The lowest BCUT2D eigenvalue weighted by atomic mass is 10.2. The van der Waals surface area contributed by atoms with Gasteiger partial charge in [-0.1, -0.05) is 29.8 Å². The quantitative estimate of drug-likeness (QED) is 0.400. The van der Waals surface area contributed by atoms with Gasteiger partial charge in [0.05, 0.1) is 19.4 Å². The molecule has 0 saturated carbocycles. The standard InChI is InChI=1S/C21H21ClN4O5/c22-16-5-3-6-17(12-16)24-20(28)21(29)25-23-13-15-4-1-2-7-18(15)31-14-19(27)26-8-10-30-11-9-26/h1-7,12-13H,8-11,14H2,(H,24,28)(H,25,29)/b23-13-. The van der Waals surface area contributed by atoms with Gasteiger partial charge in [-0.2, -0.15) is 5.10 Å². The number of ether oxygens (including phenoxy) is 2. The van der Waals surface area contributed by atoms with Crippen LogP contribution in [0.3, 0.4) is 0 Å². The number of carbonyl (C=O) groups is 3. The lowest BCUT2D eigenvalue weighted by molar-refractivity contribution is -0.137. The molecule has 1 aliphatic rings. The van der Waals surface area contributed by atoms with Gasteiger partial charge in [-0.3, -0.25) is 14.4 Å². The van der Waals surface area contributed by atoms with E-state index in [0.717, 1.165) is 0 Å². The van der Waals surface area contributed by atoms with Gasteiger partial charge in [-0.15, -0.1) is 0 Å². The maximum atomic E-state index is 12.2. The Balaban J connectivity index is 1.52. The van der Waals surface area contributed by atoms with Crippen LogP contribution in [0, 0.1) is 0 Å². The Bertz CT molecular complexity index is 976. The first kappa shape index (κ1) is 22.3. The lowest BCUT2D eigenvalue weighted by Crippen LogP contribution is -2.43. The molecule has 2 N–H and O–H groups in total. The number of anilines is 1. The van der Waals surface area contributed by atoms with Crippen molar-refractivity contribution in [1.29, 1.82) is 0 Å².